The molecule has 0 atom stereocenters. The molecule has 0 saturated heterocycles. The van der Waals surface area contributed by atoms with Gasteiger partial charge in [0.15, 0.2) is 0 Å². The van der Waals surface area contributed by atoms with E-state index in [1.807, 2.05) is 0 Å². The second kappa shape index (κ2) is 4.48. The minimum Gasteiger partial charge on any atom is -0.419 e. The molecule has 1 aromatic carbocycles. The van der Waals surface area contributed by atoms with E-state index in [-0.39, 0.29) is 49.4 Å². The van der Waals surface area contributed by atoms with Gasteiger partial charge in [0.05, 0.1) is 0 Å². The fourth-order valence-electron chi connectivity index (χ4n) is 0.400. The fourth-order valence-corrected chi connectivity index (χ4v) is 0.400. The van der Waals surface area contributed by atoms with Gasteiger partial charge in [0.25, 0.3) is 0 Å². The van der Waals surface area contributed by atoms with Crippen molar-refractivity contribution >= 4 is 5.69 Å². The zero-order valence-corrected chi connectivity index (χ0v) is 6.69. The first-order valence-electron chi connectivity index (χ1n) is 2.11. The van der Waals surface area contributed by atoms with Crippen LogP contribution >= 0.6 is 0 Å². The number of rotatable bonds is 0. The molecule has 8 heavy (non-hydrogen) atoms. The van der Waals surface area contributed by atoms with Gasteiger partial charge in [-0.15, -0.1) is 12.1 Å². The SMILES string of the molecule is Nc1cc[c-]cc1.[Eu+3]. The van der Waals surface area contributed by atoms with Crippen molar-refractivity contribution in [3.63, 3.8) is 0 Å². The standard InChI is InChI=1S/C6H6N.Eu/c7-6-4-2-1-3-5-6;/h2-5H,7H2;/q-1;+3. The maximum absolute atomic E-state index is 5.34. The summed E-state index contributed by atoms with van der Waals surface area (Å²) in [7, 11) is 0. The summed E-state index contributed by atoms with van der Waals surface area (Å²) in [4.78, 5) is 0. The van der Waals surface area contributed by atoms with Crippen molar-refractivity contribution in [1.82, 2.24) is 0 Å². The summed E-state index contributed by atoms with van der Waals surface area (Å²) in [5.41, 5.74) is 6.13. The van der Waals surface area contributed by atoms with E-state index in [4.69, 9.17) is 5.73 Å². The summed E-state index contributed by atoms with van der Waals surface area (Å²) in [5.74, 6) is 0. The molecule has 0 spiro atoms. The number of hydrogen-bond acceptors (Lipinski definition) is 1. The predicted octanol–water partition coefficient (Wildman–Crippen LogP) is 1.07. The average molecular weight is 244 g/mol. The molecule has 2 N–H and O–H groups in total. The molecule has 2 heteroatoms. The minimum atomic E-state index is 0. The molecule has 0 bridgehead atoms. The monoisotopic (exact) mass is 245 g/mol. The Kier molecular flexibility index (Phi) is 4.82. The Balaban J connectivity index is 0.000000490. The normalized spacial score (nSPS) is 7.50. The summed E-state index contributed by atoms with van der Waals surface area (Å²) in [6.07, 6.45) is 0. The van der Waals surface area contributed by atoms with Crippen LogP contribution < -0.4 is 5.73 Å². The predicted molar refractivity (Wildman–Crippen MR) is 29.7 cm³/mol. The van der Waals surface area contributed by atoms with Crippen molar-refractivity contribution in [2.45, 2.75) is 0 Å². The van der Waals surface area contributed by atoms with Gasteiger partial charge in [-0.1, -0.05) is 5.69 Å². The van der Waals surface area contributed by atoms with Gasteiger partial charge in [-0.2, -0.15) is 18.2 Å². The first-order valence-corrected chi connectivity index (χ1v) is 2.11. The smallest absolute Gasteiger partial charge is 0.419 e. The van der Waals surface area contributed by atoms with Crippen LogP contribution in [0.2, 0.25) is 0 Å². The number of benzene rings is 1. The van der Waals surface area contributed by atoms with Crippen LogP contribution in [0.1, 0.15) is 0 Å². The van der Waals surface area contributed by atoms with Gasteiger partial charge in [0.1, 0.15) is 0 Å². The summed E-state index contributed by atoms with van der Waals surface area (Å²) in [6.45, 7) is 0. The van der Waals surface area contributed by atoms with Gasteiger partial charge in [0, 0.05) is 0 Å². The molecule has 0 fully saturated rings. The van der Waals surface area contributed by atoms with Crippen LogP contribution in [0, 0.1) is 55.4 Å². The molecule has 0 saturated carbocycles. The van der Waals surface area contributed by atoms with E-state index >= 15 is 0 Å². The van der Waals surface area contributed by atoms with Crippen LogP contribution in [0.3, 0.4) is 0 Å². The molecule has 1 rings (SSSR count). The first-order chi connectivity index (χ1) is 3.39. The fraction of sp³-hybridized carbons (Fsp3) is 0. The molecule has 1 nitrogen and oxygen atoms in total. The number of nitrogen functional groups attached to an aromatic ring is 1. The topological polar surface area (TPSA) is 26.0 Å². The molecular weight excluding hydrogens is 238 g/mol. The van der Waals surface area contributed by atoms with Gasteiger partial charge in [-0.3, -0.25) is 0 Å². The van der Waals surface area contributed by atoms with Crippen molar-refractivity contribution in [1.29, 1.82) is 0 Å². The van der Waals surface area contributed by atoms with E-state index < -0.39 is 0 Å². The molecular formula is C6H6EuN+2. The Hall–Kier alpha value is 0.604. The molecule has 0 aliphatic rings. The van der Waals surface area contributed by atoms with E-state index in [0.717, 1.165) is 5.69 Å². The minimum absolute atomic E-state index is 0. The number of nitrogens with two attached hydrogens (primary N) is 1. The maximum atomic E-state index is 5.34. The van der Waals surface area contributed by atoms with Crippen LogP contribution in [0.4, 0.5) is 5.69 Å². The number of anilines is 1. The first kappa shape index (κ1) is 8.60. The molecule has 0 radical (unpaired) electrons. The molecule has 0 aliphatic heterocycles. The average Bonchev–Trinajstić information content (AvgIpc) is 1.69. The Bertz CT molecular complexity index is 138. The van der Waals surface area contributed by atoms with Crippen molar-refractivity contribution in [3.8, 4) is 0 Å². The van der Waals surface area contributed by atoms with Crippen molar-refractivity contribution < 1.29 is 49.4 Å². The van der Waals surface area contributed by atoms with Gasteiger partial charge in [-0.25, -0.2) is 0 Å². The molecule has 0 aromatic heterocycles. The van der Waals surface area contributed by atoms with Crippen molar-refractivity contribution in [3.05, 3.63) is 30.3 Å². The van der Waals surface area contributed by atoms with Crippen LogP contribution in [0.5, 0.6) is 0 Å². The zero-order chi connectivity index (χ0) is 5.11. The summed E-state index contributed by atoms with van der Waals surface area (Å²) >= 11 is 0. The second-order valence-corrected chi connectivity index (χ2v) is 1.33. The Morgan fingerprint density at radius 3 is 2.00 bits per heavy atom. The summed E-state index contributed by atoms with van der Waals surface area (Å²) in [5, 5.41) is 0. The Morgan fingerprint density at radius 1 is 1.25 bits per heavy atom. The molecule has 0 heterocycles. The van der Waals surface area contributed by atoms with E-state index in [1.54, 1.807) is 24.3 Å². The zero-order valence-electron chi connectivity index (χ0n) is 4.26. The van der Waals surface area contributed by atoms with E-state index in [2.05, 4.69) is 6.07 Å². The molecule has 0 aliphatic carbocycles. The van der Waals surface area contributed by atoms with Crippen LogP contribution in [-0.4, -0.2) is 0 Å². The second-order valence-electron chi connectivity index (χ2n) is 1.33. The molecule has 40 valence electrons. The Labute approximate surface area is 89.8 Å². The Morgan fingerprint density at radius 2 is 1.75 bits per heavy atom. The summed E-state index contributed by atoms with van der Waals surface area (Å²) in [6, 6.07) is 10.0. The third-order valence-electron chi connectivity index (χ3n) is 0.744. The van der Waals surface area contributed by atoms with E-state index in [9.17, 15) is 0 Å². The number of hydrogen-bond donors (Lipinski definition) is 1. The van der Waals surface area contributed by atoms with Crippen LogP contribution in [-0.2, 0) is 0 Å². The molecule has 0 unspecified atom stereocenters. The van der Waals surface area contributed by atoms with Crippen LogP contribution in [0.25, 0.3) is 0 Å². The molecule has 1 aromatic rings. The summed E-state index contributed by atoms with van der Waals surface area (Å²) < 4.78 is 0. The van der Waals surface area contributed by atoms with Gasteiger partial charge < -0.3 is 5.73 Å². The van der Waals surface area contributed by atoms with Crippen LogP contribution in [0.15, 0.2) is 24.3 Å². The van der Waals surface area contributed by atoms with E-state index in [1.165, 1.54) is 0 Å². The van der Waals surface area contributed by atoms with Crippen molar-refractivity contribution in [2.24, 2.45) is 0 Å². The van der Waals surface area contributed by atoms with E-state index in [0.29, 0.717) is 0 Å². The van der Waals surface area contributed by atoms with Gasteiger partial charge in [0.2, 0.25) is 0 Å². The van der Waals surface area contributed by atoms with Gasteiger partial charge >= 0.3 is 49.4 Å². The van der Waals surface area contributed by atoms with Crippen molar-refractivity contribution in [2.75, 3.05) is 5.73 Å². The maximum Gasteiger partial charge on any atom is 3.00 e. The third-order valence-corrected chi connectivity index (χ3v) is 0.744. The third kappa shape index (κ3) is 2.80. The van der Waals surface area contributed by atoms with Gasteiger partial charge in [-0.05, 0) is 0 Å². The largest absolute Gasteiger partial charge is 3.00 e. The molecule has 0 amide bonds. The quantitative estimate of drug-likeness (QED) is 0.536.